The number of anilines is 1. The van der Waals surface area contributed by atoms with E-state index >= 15 is 0 Å². The minimum absolute atomic E-state index is 0.0829. The van der Waals surface area contributed by atoms with Gasteiger partial charge in [-0.3, -0.25) is 18.9 Å². The lowest BCUT2D eigenvalue weighted by Crippen LogP contribution is -2.46. The maximum absolute atomic E-state index is 12.3. The highest BCUT2D eigenvalue weighted by molar-refractivity contribution is 7.60. The van der Waals surface area contributed by atoms with E-state index in [1.165, 1.54) is 23.4 Å². The largest absolute Gasteiger partial charge is 0.481 e. The number of methoxy groups -OCH3 is 2. The summed E-state index contributed by atoms with van der Waals surface area (Å²) in [5.74, 6) is -0.661. The molecule has 3 heterocycles. The van der Waals surface area contributed by atoms with E-state index in [0.717, 1.165) is 0 Å². The average molecular weight is 500 g/mol. The van der Waals surface area contributed by atoms with E-state index in [2.05, 4.69) is 14.3 Å². The van der Waals surface area contributed by atoms with Crippen LogP contribution in [-0.2, 0) is 39.2 Å². The van der Waals surface area contributed by atoms with Crippen molar-refractivity contribution in [3.05, 3.63) is 16.7 Å². The third kappa shape index (κ3) is 5.26. The molecule has 16 nitrogen and oxygen atoms in total. The van der Waals surface area contributed by atoms with E-state index in [9.17, 15) is 18.8 Å². The number of aromatic nitrogens is 4. The van der Waals surface area contributed by atoms with Crippen LogP contribution in [0.3, 0.4) is 0 Å². The number of fused-ring (bicyclic) bond motifs is 1. The summed E-state index contributed by atoms with van der Waals surface area (Å²) in [6.07, 6.45) is -0.953. The number of phosphoric ester groups is 1. The molecule has 0 amide bonds. The first-order valence-corrected chi connectivity index (χ1v) is 12.1. The van der Waals surface area contributed by atoms with Gasteiger partial charge in [0, 0.05) is 20.1 Å². The first-order chi connectivity index (χ1) is 14.9. The van der Waals surface area contributed by atoms with Gasteiger partial charge in [0.15, 0.2) is 6.33 Å². The van der Waals surface area contributed by atoms with Crippen molar-refractivity contribution in [2.24, 2.45) is 13.0 Å². The third-order valence-electron chi connectivity index (χ3n) is 4.80. The Kier molecular flexibility index (Phi) is 7.22. The number of aryl methyl sites for hydroxylation is 1. The van der Waals surface area contributed by atoms with Crippen molar-refractivity contribution in [1.29, 1.82) is 0 Å². The Balaban J connectivity index is 1.93. The second-order valence-corrected chi connectivity index (χ2v) is 9.81. The zero-order chi connectivity index (χ0) is 23.8. The molecule has 1 aliphatic rings. The van der Waals surface area contributed by atoms with E-state index in [1.54, 1.807) is 13.4 Å². The Morgan fingerprint density at radius 1 is 1.31 bits per heavy atom. The van der Waals surface area contributed by atoms with Crippen LogP contribution in [0.2, 0.25) is 0 Å². The molecule has 2 aromatic rings. The Labute approximate surface area is 180 Å². The van der Waals surface area contributed by atoms with Gasteiger partial charge in [-0.05, 0) is 0 Å². The SMILES string of the molecule is COC[C@H]1[C@@H](OC)[C@H]([n+]2cn(C)c3c(=O)[nH]c(N)nc32)O[C@@H]1COP(=O)(O)OP(=O)(O)O. The first-order valence-electron chi connectivity index (χ1n) is 9.04. The van der Waals surface area contributed by atoms with Crippen LogP contribution >= 0.6 is 15.6 Å². The number of nitrogens with zero attached hydrogens (tertiary/aromatic N) is 3. The standard InChI is InChI=1S/C14H23N5O11P2/c1-18-6-19(11-9(18)12(20)17-14(15)16-11)13-10(27-3)7(4-26-2)8(29-13)5-28-32(24,25)30-31(21,22)23/h6-8,10,13H,4-5H2,1-3H3,(H5-,15,16,17,20,21,22,23,24,25)/p+1/t7-,8-,10-,13-/m1/s1. The van der Waals surface area contributed by atoms with Crippen molar-refractivity contribution in [3.63, 3.8) is 0 Å². The number of phosphoric acid groups is 2. The molecule has 0 spiro atoms. The number of imidazole rings is 1. The molecule has 0 saturated carbocycles. The van der Waals surface area contributed by atoms with Crippen LogP contribution < -0.4 is 15.9 Å². The average Bonchev–Trinajstić information content (AvgIpc) is 3.15. The lowest BCUT2D eigenvalue weighted by Gasteiger charge is -2.21. The highest BCUT2D eigenvalue weighted by atomic mass is 31.3. The molecule has 1 aliphatic heterocycles. The summed E-state index contributed by atoms with van der Waals surface area (Å²) in [6, 6.07) is 0. The summed E-state index contributed by atoms with van der Waals surface area (Å²) in [6.45, 7) is -0.501. The smallest absolute Gasteiger partial charge is 0.384 e. The van der Waals surface area contributed by atoms with Crippen LogP contribution in [0.15, 0.2) is 11.1 Å². The quantitative estimate of drug-likeness (QED) is 0.196. The topological polar surface area (TPSA) is 222 Å². The number of H-pyrrole nitrogens is 1. The summed E-state index contributed by atoms with van der Waals surface area (Å²) in [5, 5.41) is 0. The number of nitrogens with one attached hydrogen (secondary N) is 1. The number of hydrogen-bond acceptors (Lipinski definition) is 10. The molecule has 0 radical (unpaired) electrons. The van der Waals surface area contributed by atoms with E-state index < -0.39 is 52.2 Å². The molecular formula is C14H24N5O11P2+. The maximum Gasteiger partial charge on any atom is 0.481 e. The van der Waals surface area contributed by atoms with Gasteiger partial charge in [-0.2, -0.15) is 4.31 Å². The van der Waals surface area contributed by atoms with Crippen molar-refractivity contribution in [3.8, 4) is 0 Å². The molecule has 1 fully saturated rings. The number of nitrogens with two attached hydrogens (primary N) is 1. The molecule has 0 aromatic carbocycles. The lowest BCUT2D eigenvalue weighted by atomic mass is 9.99. The van der Waals surface area contributed by atoms with Crippen molar-refractivity contribution in [1.82, 2.24) is 14.5 Å². The van der Waals surface area contributed by atoms with Gasteiger partial charge in [-0.1, -0.05) is 4.98 Å². The fourth-order valence-electron chi connectivity index (χ4n) is 3.63. The monoisotopic (exact) mass is 500 g/mol. The van der Waals surface area contributed by atoms with Gasteiger partial charge in [0.2, 0.25) is 11.7 Å². The normalized spacial score (nSPS) is 25.9. The van der Waals surface area contributed by atoms with Crippen molar-refractivity contribution in [2.45, 2.75) is 18.4 Å². The van der Waals surface area contributed by atoms with Gasteiger partial charge in [-0.15, -0.1) is 0 Å². The molecular weight excluding hydrogens is 476 g/mol. The van der Waals surface area contributed by atoms with Crippen LogP contribution in [0.1, 0.15) is 6.23 Å². The van der Waals surface area contributed by atoms with Crippen LogP contribution in [0, 0.1) is 5.92 Å². The molecule has 2 aromatic heterocycles. The Morgan fingerprint density at radius 2 is 2.00 bits per heavy atom. The molecule has 32 heavy (non-hydrogen) atoms. The number of hydrogen-bond donors (Lipinski definition) is 5. The predicted octanol–water partition coefficient (Wildman–Crippen LogP) is -1.47. The fourth-order valence-corrected chi connectivity index (χ4v) is 5.23. The van der Waals surface area contributed by atoms with Crippen molar-refractivity contribution >= 4 is 32.8 Å². The van der Waals surface area contributed by atoms with Gasteiger partial charge >= 0.3 is 21.3 Å². The van der Waals surface area contributed by atoms with E-state index in [0.29, 0.717) is 0 Å². The Morgan fingerprint density at radius 3 is 2.59 bits per heavy atom. The number of ether oxygens (including phenoxy) is 3. The summed E-state index contributed by atoms with van der Waals surface area (Å²) in [4.78, 5) is 45.9. The molecule has 6 N–H and O–H groups in total. The zero-order valence-electron chi connectivity index (χ0n) is 17.2. The third-order valence-corrected chi connectivity index (χ3v) is 6.95. The molecule has 3 rings (SSSR count). The van der Waals surface area contributed by atoms with Gasteiger partial charge in [0.25, 0.3) is 11.5 Å². The number of aromatic amines is 1. The minimum Gasteiger partial charge on any atom is -0.384 e. The molecule has 18 heteroatoms. The van der Waals surface area contributed by atoms with E-state index in [-0.39, 0.29) is 23.7 Å². The van der Waals surface area contributed by atoms with Crippen LogP contribution in [0.5, 0.6) is 0 Å². The van der Waals surface area contributed by atoms with E-state index in [1.807, 2.05) is 0 Å². The molecule has 180 valence electrons. The second kappa shape index (κ2) is 9.27. The number of nitrogen functional groups attached to an aromatic ring is 1. The van der Waals surface area contributed by atoms with Gasteiger partial charge < -0.3 is 34.6 Å². The summed E-state index contributed by atoms with van der Waals surface area (Å²) >= 11 is 0. The summed E-state index contributed by atoms with van der Waals surface area (Å²) in [7, 11) is -5.90. The molecule has 1 unspecified atom stereocenters. The van der Waals surface area contributed by atoms with Crippen LogP contribution in [-0.4, -0.2) is 68.9 Å². The predicted molar refractivity (Wildman–Crippen MR) is 105 cm³/mol. The van der Waals surface area contributed by atoms with Crippen LogP contribution in [0.4, 0.5) is 5.95 Å². The van der Waals surface area contributed by atoms with Crippen molar-refractivity contribution < 1.29 is 51.4 Å². The van der Waals surface area contributed by atoms with Crippen LogP contribution in [0.25, 0.3) is 11.2 Å². The highest BCUT2D eigenvalue weighted by Crippen LogP contribution is 2.57. The Bertz CT molecular complexity index is 1130. The lowest BCUT2D eigenvalue weighted by molar-refractivity contribution is -0.746. The number of rotatable bonds is 9. The Hall–Kier alpha value is -1.71. The second-order valence-electron chi connectivity index (χ2n) is 6.98. The highest BCUT2D eigenvalue weighted by Gasteiger charge is 2.49. The maximum atomic E-state index is 12.3. The van der Waals surface area contributed by atoms with E-state index in [4.69, 9.17) is 34.3 Å². The first kappa shape index (κ1) is 24.9. The molecule has 1 saturated heterocycles. The van der Waals surface area contributed by atoms with Gasteiger partial charge in [0.1, 0.15) is 6.10 Å². The van der Waals surface area contributed by atoms with Gasteiger partial charge in [0.05, 0.1) is 26.4 Å². The molecule has 5 atom stereocenters. The van der Waals surface area contributed by atoms with Gasteiger partial charge in [-0.25, -0.2) is 13.7 Å². The zero-order valence-corrected chi connectivity index (χ0v) is 19.0. The minimum atomic E-state index is -5.28. The fraction of sp³-hybridized carbons (Fsp3) is 0.643. The summed E-state index contributed by atoms with van der Waals surface area (Å²) < 4.78 is 51.0. The summed E-state index contributed by atoms with van der Waals surface area (Å²) in [5.41, 5.74) is 5.63. The molecule has 0 bridgehead atoms. The molecule has 0 aliphatic carbocycles. The van der Waals surface area contributed by atoms with Crippen molar-refractivity contribution in [2.75, 3.05) is 33.2 Å².